The quantitative estimate of drug-likeness (QED) is 0.807. The second-order valence-corrected chi connectivity index (χ2v) is 5.35. The summed E-state index contributed by atoms with van der Waals surface area (Å²) >= 11 is 0. The molecule has 2 aromatic heterocycles. The van der Waals surface area contributed by atoms with Gasteiger partial charge in [-0.2, -0.15) is 5.10 Å². The zero-order valence-electron chi connectivity index (χ0n) is 12.4. The van der Waals surface area contributed by atoms with Crippen molar-refractivity contribution in [2.45, 2.75) is 13.5 Å². The summed E-state index contributed by atoms with van der Waals surface area (Å²) in [6.45, 7) is 3.39. The van der Waals surface area contributed by atoms with Crippen LogP contribution in [0.15, 0.2) is 29.1 Å². The summed E-state index contributed by atoms with van der Waals surface area (Å²) in [5.74, 6) is 0. The molecule has 0 saturated heterocycles. The van der Waals surface area contributed by atoms with E-state index in [0.717, 1.165) is 28.7 Å². The fourth-order valence-electron chi connectivity index (χ4n) is 2.56. The highest BCUT2D eigenvalue weighted by Crippen LogP contribution is 2.22. The van der Waals surface area contributed by atoms with Gasteiger partial charge in [-0.15, -0.1) is 12.4 Å². The number of hydrogen-bond acceptors (Lipinski definition) is 3. The van der Waals surface area contributed by atoms with Crippen LogP contribution >= 0.6 is 12.4 Å². The van der Waals surface area contributed by atoms with Crippen LogP contribution in [0, 0.1) is 6.92 Å². The number of nitrogens with one attached hydrogen (secondary N) is 1. The molecular weight excluding hydrogens is 288 g/mol. The summed E-state index contributed by atoms with van der Waals surface area (Å²) in [5.41, 5.74) is 2.57. The number of H-pyrrole nitrogens is 1. The molecule has 0 bridgehead atoms. The third kappa shape index (κ3) is 2.54. The molecule has 0 unspecified atom stereocenters. The lowest BCUT2D eigenvalue weighted by molar-refractivity contribution is 0.384. The highest BCUT2D eigenvalue weighted by molar-refractivity contribution is 6.03. The van der Waals surface area contributed by atoms with Crippen LogP contribution in [-0.4, -0.2) is 40.3 Å². The topological polar surface area (TPSA) is 53.9 Å². The maximum absolute atomic E-state index is 12.7. The van der Waals surface area contributed by atoms with Gasteiger partial charge in [-0.25, -0.2) is 0 Å². The highest BCUT2D eigenvalue weighted by atomic mass is 35.5. The smallest absolute Gasteiger partial charge is 0.262 e. The number of halogens is 1. The number of rotatable bonds is 3. The van der Waals surface area contributed by atoms with Gasteiger partial charge in [0.15, 0.2) is 0 Å². The first kappa shape index (κ1) is 15.5. The normalized spacial score (nSPS) is 11.2. The van der Waals surface area contributed by atoms with Gasteiger partial charge in [0.2, 0.25) is 0 Å². The van der Waals surface area contributed by atoms with Crippen LogP contribution < -0.4 is 5.56 Å². The molecule has 1 N–H and O–H groups in total. The molecule has 3 aromatic rings. The van der Waals surface area contributed by atoms with E-state index in [2.05, 4.69) is 15.1 Å². The fraction of sp³-hybridized carbons (Fsp3) is 0.333. The largest absolute Gasteiger partial charge is 0.308 e. The minimum Gasteiger partial charge on any atom is -0.308 e. The predicted molar refractivity (Wildman–Crippen MR) is 88.4 cm³/mol. The molecule has 3 rings (SSSR count). The molecule has 21 heavy (non-hydrogen) atoms. The van der Waals surface area contributed by atoms with Crippen molar-refractivity contribution in [2.24, 2.45) is 0 Å². The number of aromatic amines is 1. The number of fused-ring (bicyclic) bond motifs is 3. The Morgan fingerprint density at radius 2 is 2.00 bits per heavy atom. The molecule has 0 atom stereocenters. The molecule has 1 aromatic carbocycles. The minimum atomic E-state index is 0. The molecule has 6 heteroatoms. The lowest BCUT2D eigenvalue weighted by Crippen LogP contribution is -2.27. The first-order valence-electron chi connectivity index (χ1n) is 6.70. The van der Waals surface area contributed by atoms with E-state index in [1.807, 2.05) is 49.9 Å². The van der Waals surface area contributed by atoms with Crippen LogP contribution in [0.5, 0.6) is 0 Å². The number of likely N-dealkylation sites (N-methyl/N-ethyl adjacent to an activating group) is 1. The first-order chi connectivity index (χ1) is 9.59. The van der Waals surface area contributed by atoms with Gasteiger partial charge in [0.1, 0.15) is 5.52 Å². The lowest BCUT2D eigenvalue weighted by Gasteiger charge is -2.14. The van der Waals surface area contributed by atoms with E-state index in [0.29, 0.717) is 11.9 Å². The predicted octanol–water partition coefficient (Wildman–Crippen LogP) is 2.17. The SMILES string of the molecule is Cc1[nH]nc2c1c(=O)n(CCN(C)C)c1ccccc21.Cl. The Kier molecular flexibility index (Phi) is 4.34. The van der Waals surface area contributed by atoms with Gasteiger partial charge < -0.3 is 9.47 Å². The van der Waals surface area contributed by atoms with Gasteiger partial charge in [-0.05, 0) is 27.1 Å². The maximum atomic E-state index is 12.7. The van der Waals surface area contributed by atoms with E-state index in [1.165, 1.54) is 0 Å². The molecular formula is C15H19ClN4O. The Labute approximate surface area is 129 Å². The Bertz CT molecular complexity index is 835. The van der Waals surface area contributed by atoms with Crippen LogP contribution in [0.1, 0.15) is 5.69 Å². The number of aryl methyl sites for hydroxylation is 1. The van der Waals surface area contributed by atoms with E-state index in [1.54, 1.807) is 0 Å². The van der Waals surface area contributed by atoms with E-state index in [9.17, 15) is 4.79 Å². The van der Waals surface area contributed by atoms with Crippen LogP contribution in [0.3, 0.4) is 0 Å². The Hall–Kier alpha value is -1.85. The molecule has 0 saturated carbocycles. The number of pyridine rings is 1. The first-order valence-corrected chi connectivity index (χ1v) is 6.70. The van der Waals surface area contributed by atoms with Gasteiger partial charge in [0, 0.05) is 24.2 Å². The third-order valence-corrected chi connectivity index (χ3v) is 3.63. The third-order valence-electron chi connectivity index (χ3n) is 3.63. The molecule has 0 radical (unpaired) electrons. The number of nitrogens with zero attached hydrogens (tertiary/aromatic N) is 3. The van der Waals surface area contributed by atoms with Crippen molar-refractivity contribution < 1.29 is 0 Å². The number of hydrogen-bond donors (Lipinski definition) is 1. The van der Waals surface area contributed by atoms with Gasteiger partial charge in [0.05, 0.1) is 10.9 Å². The summed E-state index contributed by atoms with van der Waals surface area (Å²) < 4.78 is 1.85. The van der Waals surface area contributed by atoms with Crippen LogP contribution in [-0.2, 0) is 6.54 Å². The van der Waals surface area contributed by atoms with Crippen molar-refractivity contribution in [1.82, 2.24) is 19.7 Å². The average Bonchev–Trinajstić information content (AvgIpc) is 2.81. The van der Waals surface area contributed by atoms with Crippen LogP contribution in [0.25, 0.3) is 21.8 Å². The van der Waals surface area contributed by atoms with E-state index in [-0.39, 0.29) is 18.0 Å². The molecule has 5 nitrogen and oxygen atoms in total. The van der Waals surface area contributed by atoms with Gasteiger partial charge in [-0.3, -0.25) is 9.89 Å². The van der Waals surface area contributed by atoms with E-state index >= 15 is 0 Å². The minimum absolute atomic E-state index is 0. The van der Waals surface area contributed by atoms with Gasteiger partial charge in [0.25, 0.3) is 5.56 Å². The van der Waals surface area contributed by atoms with Crippen molar-refractivity contribution in [3.8, 4) is 0 Å². The molecule has 0 fully saturated rings. The molecule has 0 aliphatic heterocycles. The summed E-state index contributed by atoms with van der Waals surface area (Å²) in [7, 11) is 4.02. The summed E-state index contributed by atoms with van der Waals surface area (Å²) in [4.78, 5) is 14.8. The standard InChI is InChI=1S/C15H18N4O.ClH/c1-10-13-14(17-16-10)11-6-4-5-7-12(11)19(15(13)20)9-8-18(2)3;/h4-7H,8-9H2,1-3H3,(H,16,17);1H. The van der Waals surface area contributed by atoms with Crippen molar-refractivity contribution in [3.05, 3.63) is 40.3 Å². The Balaban J connectivity index is 0.00000161. The van der Waals surface area contributed by atoms with Crippen molar-refractivity contribution in [1.29, 1.82) is 0 Å². The zero-order valence-corrected chi connectivity index (χ0v) is 13.2. The molecule has 0 aliphatic rings. The average molecular weight is 307 g/mol. The molecule has 0 spiro atoms. The number of benzene rings is 1. The summed E-state index contributed by atoms with van der Waals surface area (Å²) in [5, 5.41) is 8.94. The monoisotopic (exact) mass is 306 g/mol. The fourth-order valence-corrected chi connectivity index (χ4v) is 2.56. The lowest BCUT2D eigenvalue weighted by atomic mass is 10.1. The summed E-state index contributed by atoms with van der Waals surface area (Å²) in [6, 6.07) is 7.94. The number of para-hydroxylation sites is 1. The summed E-state index contributed by atoms with van der Waals surface area (Å²) in [6.07, 6.45) is 0. The van der Waals surface area contributed by atoms with Crippen molar-refractivity contribution in [2.75, 3.05) is 20.6 Å². The van der Waals surface area contributed by atoms with Crippen molar-refractivity contribution in [3.63, 3.8) is 0 Å². The second-order valence-electron chi connectivity index (χ2n) is 5.35. The van der Waals surface area contributed by atoms with E-state index in [4.69, 9.17) is 0 Å². The van der Waals surface area contributed by atoms with Crippen LogP contribution in [0.4, 0.5) is 0 Å². The van der Waals surface area contributed by atoms with Crippen molar-refractivity contribution >= 4 is 34.2 Å². The van der Waals surface area contributed by atoms with Gasteiger partial charge >= 0.3 is 0 Å². The van der Waals surface area contributed by atoms with Crippen LogP contribution in [0.2, 0.25) is 0 Å². The zero-order chi connectivity index (χ0) is 14.3. The van der Waals surface area contributed by atoms with Gasteiger partial charge in [-0.1, -0.05) is 18.2 Å². The molecule has 112 valence electrons. The molecule has 0 aliphatic carbocycles. The Morgan fingerprint density at radius 1 is 1.29 bits per heavy atom. The Morgan fingerprint density at radius 3 is 2.71 bits per heavy atom. The molecule has 2 heterocycles. The second kappa shape index (κ2) is 5.87. The molecule has 0 amide bonds. The maximum Gasteiger partial charge on any atom is 0.262 e. The number of aromatic nitrogens is 3. The highest BCUT2D eigenvalue weighted by Gasteiger charge is 2.14. The van der Waals surface area contributed by atoms with E-state index < -0.39 is 0 Å².